The minimum absolute atomic E-state index is 0.159. The highest BCUT2D eigenvalue weighted by molar-refractivity contribution is 6.46. The summed E-state index contributed by atoms with van der Waals surface area (Å²) in [6.45, 7) is 5.62. The largest absolute Gasteiger partial charge is 0.465 e. The van der Waals surface area contributed by atoms with E-state index in [0.717, 1.165) is 26.8 Å². The maximum atomic E-state index is 13.8. The molecule has 9 heteroatoms. The molecule has 0 bridgehead atoms. The second-order valence-corrected chi connectivity index (χ2v) is 10.0. The Labute approximate surface area is 242 Å². The van der Waals surface area contributed by atoms with Crippen LogP contribution in [0, 0.1) is 20.8 Å². The lowest BCUT2D eigenvalue weighted by molar-refractivity contribution is -0.121. The number of hydrogen-bond donors (Lipinski definition) is 0. The van der Waals surface area contributed by atoms with Crippen LogP contribution < -0.4 is 9.80 Å². The number of barbiturate groups is 1. The zero-order valence-electron chi connectivity index (χ0n) is 22.8. The quantitative estimate of drug-likeness (QED) is 0.158. The third-order valence-electron chi connectivity index (χ3n) is 6.94. The van der Waals surface area contributed by atoms with E-state index in [9.17, 15) is 19.2 Å². The molecule has 1 saturated heterocycles. The fourth-order valence-corrected chi connectivity index (χ4v) is 5.11. The van der Waals surface area contributed by atoms with Crippen molar-refractivity contribution in [2.24, 2.45) is 0 Å². The van der Waals surface area contributed by atoms with E-state index < -0.39 is 23.8 Å². The monoisotopic (exact) mass is 567 g/mol. The van der Waals surface area contributed by atoms with E-state index >= 15 is 0 Å². The van der Waals surface area contributed by atoms with E-state index in [4.69, 9.17) is 16.3 Å². The summed E-state index contributed by atoms with van der Waals surface area (Å²) in [5.74, 6) is -1.98. The molecule has 0 aliphatic carbocycles. The number of aromatic nitrogens is 1. The molecule has 0 atom stereocenters. The fourth-order valence-electron chi connectivity index (χ4n) is 4.86. The predicted molar refractivity (Wildman–Crippen MR) is 158 cm³/mol. The lowest BCUT2D eigenvalue weighted by atomic mass is 10.0. The van der Waals surface area contributed by atoms with Gasteiger partial charge in [-0.25, -0.2) is 19.4 Å². The molecule has 4 aromatic rings. The highest BCUT2D eigenvalue weighted by Gasteiger charge is 2.43. The van der Waals surface area contributed by atoms with Crippen LogP contribution >= 0.6 is 11.6 Å². The number of carbonyl (C=O) groups is 4. The van der Waals surface area contributed by atoms with Crippen molar-refractivity contribution < 1.29 is 23.9 Å². The van der Waals surface area contributed by atoms with Crippen molar-refractivity contribution in [3.63, 3.8) is 0 Å². The summed E-state index contributed by atoms with van der Waals surface area (Å²) in [6, 6.07) is 21.5. The van der Waals surface area contributed by atoms with Gasteiger partial charge in [-0.3, -0.25) is 9.59 Å². The number of benzene rings is 3. The number of methoxy groups -OCH3 is 1. The molecule has 4 amide bonds. The van der Waals surface area contributed by atoms with E-state index in [2.05, 4.69) is 0 Å². The minimum atomic E-state index is -0.752. The van der Waals surface area contributed by atoms with E-state index in [-0.39, 0.29) is 16.2 Å². The van der Waals surface area contributed by atoms with Crippen molar-refractivity contribution in [1.82, 2.24) is 4.57 Å². The number of imide groups is 2. The SMILES string of the molecule is COC(=O)c1ccc(-n2c(C)cc(/C=C3\C(=O)N(c4ccccc4)C(=O)N(c4ccc(C)cc4)C3=O)c2C)cc1Cl. The highest BCUT2D eigenvalue weighted by atomic mass is 35.5. The molecule has 0 spiro atoms. The maximum absolute atomic E-state index is 13.8. The first-order valence-corrected chi connectivity index (χ1v) is 13.1. The van der Waals surface area contributed by atoms with Crippen LogP contribution in [0.4, 0.5) is 16.2 Å². The standard InChI is InChI=1S/C32H26ClN3O5/c1-19-10-12-24(13-11-19)36-30(38)27(29(37)35(32(36)40)23-8-6-5-7-9-23)17-22-16-20(2)34(21(22)3)25-14-15-26(28(33)18-25)31(39)41-4/h5-18H,1-4H3/b27-17+. The van der Waals surface area contributed by atoms with Gasteiger partial charge in [0.25, 0.3) is 11.8 Å². The maximum Gasteiger partial charge on any atom is 0.343 e. The van der Waals surface area contributed by atoms with E-state index in [0.29, 0.717) is 22.6 Å². The van der Waals surface area contributed by atoms with Crippen LogP contribution in [-0.2, 0) is 14.3 Å². The summed E-state index contributed by atoms with van der Waals surface area (Å²) in [7, 11) is 1.28. The summed E-state index contributed by atoms with van der Waals surface area (Å²) >= 11 is 6.37. The van der Waals surface area contributed by atoms with Gasteiger partial charge < -0.3 is 9.30 Å². The van der Waals surface area contributed by atoms with Crippen molar-refractivity contribution in [2.75, 3.05) is 16.9 Å². The van der Waals surface area contributed by atoms with Crippen molar-refractivity contribution in [3.8, 4) is 5.69 Å². The van der Waals surface area contributed by atoms with Crippen molar-refractivity contribution in [3.05, 3.63) is 118 Å². The lowest BCUT2D eigenvalue weighted by Crippen LogP contribution is -2.57. The molecule has 5 rings (SSSR count). The number of amides is 4. The van der Waals surface area contributed by atoms with Gasteiger partial charge in [-0.15, -0.1) is 0 Å². The number of ether oxygens (including phenoxy) is 1. The number of para-hydroxylation sites is 1. The summed E-state index contributed by atoms with van der Waals surface area (Å²) in [5.41, 5.74) is 4.57. The second-order valence-electron chi connectivity index (χ2n) is 9.61. The van der Waals surface area contributed by atoms with Crippen molar-refractivity contribution in [1.29, 1.82) is 0 Å². The van der Waals surface area contributed by atoms with E-state index in [1.165, 1.54) is 13.2 Å². The number of hydrogen-bond acceptors (Lipinski definition) is 5. The smallest absolute Gasteiger partial charge is 0.343 e. The third-order valence-corrected chi connectivity index (χ3v) is 7.26. The van der Waals surface area contributed by atoms with Crippen LogP contribution in [0.1, 0.15) is 32.9 Å². The summed E-state index contributed by atoms with van der Waals surface area (Å²) in [4.78, 5) is 55.1. The van der Waals surface area contributed by atoms with Crippen LogP contribution in [0.15, 0.2) is 84.4 Å². The van der Waals surface area contributed by atoms with Crippen LogP contribution in [0.2, 0.25) is 5.02 Å². The molecule has 1 aliphatic heterocycles. The Hall–Kier alpha value is -4.95. The van der Waals surface area contributed by atoms with Crippen LogP contribution in [0.25, 0.3) is 11.8 Å². The lowest BCUT2D eigenvalue weighted by Gasteiger charge is -2.34. The molecule has 41 heavy (non-hydrogen) atoms. The Balaban J connectivity index is 1.62. The number of esters is 1. The first-order chi connectivity index (χ1) is 19.6. The molecule has 0 N–H and O–H groups in total. The molecule has 2 heterocycles. The Bertz CT molecular complexity index is 1740. The van der Waals surface area contributed by atoms with Crippen LogP contribution in [0.5, 0.6) is 0 Å². The van der Waals surface area contributed by atoms with Gasteiger partial charge in [0.1, 0.15) is 5.57 Å². The van der Waals surface area contributed by atoms with Gasteiger partial charge >= 0.3 is 12.0 Å². The zero-order valence-corrected chi connectivity index (χ0v) is 23.6. The normalized spacial score (nSPS) is 14.7. The molecule has 0 unspecified atom stereocenters. The Morgan fingerprint density at radius 3 is 1.95 bits per heavy atom. The van der Waals surface area contributed by atoms with E-state index in [1.54, 1.807) is 72.8 Å². The molecule has 206 valence electrons. The summed E-state index contributed by atoms with van der Waals surface area (Å²) in [6.07, 6.45) is 1.51. The van der Waals surface area contributed by atoms with Gasteiger partial charge in [0.2, 0.25) is 0 Å². The molecule has 1 aromatic heterocycles. The van der Waals surface area contributed by atoms with Crippen LogP contribution in [-0.4, -0.2) is 35.5 Å². The molecule has 8 nitrogen and oxygen atoms in total. The van der Waals surface area contributed by atoms with Crippen molar-refractivity contribution >= 4 is 52.9 Å². The minimum Gasteiger partial charge on any atom is -0.465 e. The molecule has 1 fully saturated rings. The van der Waals surface area contributed by atoms with Gasteiger partial charge in [-0.2, -0.15) is 0 Å². The van der Waals surface area contributed by atoms with Gasteiger partial charge in [0.15, 0.2) is 0 Å². The predicted octanol–water partition coefficient (Wildman–Crippen LogP) is 6.43. The fraction of sp³-hybridized carbons (Fsp3) is 0.125. The number of urea groups is 1. The summed E-state index contributed by atoms with van der Waals surface area (Å²) in [5, 5.41) is 0.227. The first-order valence-electron chi connectivity index (χ1n) is 12.8. The number of rotatable bonds is 5. The molecule has 0 radical (unpaired) electrons. The molecular formula is C32H26ClN3O5. The summed E-state index contributed by atoms with van der Waals surface area (Å²) < 4.78 is 6.68. The Morgan fingerprint density at radius 1 is 0.780 bits per heavy atom. The van der Waals surface area contributed by atoms with Crippen LogP contribution in [0.3, 0.4) is 0 Å². The molecule has 3 aromatic carbocycles. The number of nitrogens with zero attached hydrogens (tertiary/aromatic N) is 3. The van der Waals surface area contributed by atoms with Gasteiger partial charge in [-0.05, 0) is 80.9 Å². The van der Waals surface area contributed by atoms with Crippen molar-refractivity contribution in [2.45, 2.75) is 20.8 Å². The highest BCUT2D eigenvalue weighted by Crippen LogP contribution is 2.32. The van der Waals surface area contributed by atoms with E-state index in [1.807, 2.05) is 31.4 Å². The second kappa shape index (κ2) is 10.9. The van der Waals surface area contributed by atoms with Gasteiger partial charge in [0, 0.05) is 17.1 Å². The zero-order chi connectivity index (χ0) is 29.4. The number of aryl methyl sites for hydroxylation is 2. The number of anilines is 2. The average molecular weight is 568 g/mol. The third kappa shape index (κ3) is 4.94. The molecular weight excluding hydrogens is 542 g/mol. The number of carbonyl (C=O) groups excluding carboxylic acids is 4. The number of halogens is 1. The van der Waals surface area contributed by atoms with Gasteiger partial charge in [0.05, 0.1) is 29.1 Å². The Kier molecular flexibility index (Phi) is 7.34. The van der Waals surface area contributed by atoms with Gasteiger partial charge in [-0.1, -0.05) is 47.5 Å². The Morgan fingerprint density at radius 2 is 1.37 bits per heavy atom. The first kappa shape index (κ1) is 27.6. The molecule has 0 saturated carbocycles. The topological polar surface area (TPSA) is 88.9 Å². The average Bonchev–Trinajstić information content (AvgIpc) is 3.24. The molecule has 1 aliphatic rings.